The molecule has 0 aromatic carbocycles. The second-order valence-corrected chi connectivity index (χ2v) is 5.53. The van der Waals surface area contributed by atoms with Crippen LogP contribution in [0.5, 0.6) is 0 Å². The monoisotopic (exact) mass is 354 g/mol. The minimum atomic E-state index is 0.311. The summed E-state index contributed by atoms with van der Waals surface area (Å²) in [5.41, 5.74) is 8.63. The third-order valence-corrected chi connectivity index (χ3v) is 3.67. The zero-order valence-electron chi connectivity index (χ0n) is 10.6. The summed E-state index contributed by atoms with van der Waals surface area (Å²) in [6.45, 7) is 6.14. The Morgan fingerprint density at radius 3 is 2.50 bits per heavy atom. The molecule has 2 aromatic heterocycles. The fourth-order valence-corrected chi connectivity index (χ4v) is 2.51. The molecular weight excluding hydrogens is 339 g/mol. The summed E-state index contributed by atoms with van der Waals surface area (Å²) in [4.78, 5) is 13.3. The van der Waals surface area contributed by atoms with E-state index in [1.54, 1.807) is 0 Å². The van der Waals surface area contributed by atoms with Gasteiger partial charge in [-0.05, 0) is 47.6 Å². The van der Waals surface area contributed by atoms with Gasteiger partial charge in [0.1, 0.15) is 11.5 Å². The Morgan fingerprint density at radius 2 is 1.89 bits per heavy atom. The van der Waals surface area contributed by atoms with Gasteiger partial charge in [0.25, 0.3) is 0 Å². The van der Waals surface area contributed by atoms with Gasteiger partial charge in [0.05, 0.1) is 9.26 Å². The SMILES string of the molecule is Cc1cccc(-c2nc(N)c(I)c(C(C)C)n2)n1. The van der Waals surface area contributed by atoms with Gasteiger partial charge in [-0.2, -0.15) is 0 Å². The molecule has 0 aliphatic heterocycles. The van der Waals surface area contributed by atoms with Crippen LogP contribution in [0, 0.1) is 10.5 Å². The van der Waals surface area contributed by atoms with Crippen molar-refractivity contribution < 1.29 is 0 Å². The van der Waals surface area contributed by atoms with Gasteiger partial charge in [0, 0.05) is 5.69 Å². The van der Waals surface area contributed by atoms with Crippen LogP contribution >= 0.6 is 22.6 Å². The fraction of sp³-hybridized carbons (Fsp3) is 0.308. The average molecular weight is 354 g/mol. The summed E-state index contributed by atoms with van der Waals surface area (Å²) in [7, 11) is 0. The molecule has 0 saturated carbocycles. The maximum absolute atomic E-state index is 5.95. The van der Waals surface area contributed by atoms with Crippen LogP contribution in [-0.2, 0) is 0 Å². The lowest BCUT2D eigenvalue weighted by Gasteiger charge is -2.11. The van der Waals surface area contributed by atoms with E-state index in [0.717, 1.165) is 20.7 Å². The average Bonchev–Trinajstić information content (AvgIpc) is 2.32. The molecule has 0 unspecified atom stereocenters. The summed E-state index contributed by atoms with van der Waals surface area (Å²) in [6.07, 6.45) is 0. The van der Waals surface area contributed by atoms with Gasteiger partial charge < -0.3 is 5.73 Å². The third kappa shape index (κ3) is 2.60. The standard InChI is InChI=1S/C13H15IN4/c1-7(2)11-10(14)12(15)18-13(17-11)9-6-4-5-8(3)16-9/h4-7H,1-3H3,(H2,15,17,18). The van der Waals surface area contributed by atoms with Crippen molar-refractivity contribution in [1.29, 1.82) is 0 Å². The van der Waals surface area contributed by atoms with E-state index >= 15 is 0 Å². The van der Waals surface area contributed by atoms with Crippen molar-refractivity contribution in [3.05, 3.63) is 33.2 Å². The number of nitrogens with two attached hydrogens (primary N) is 1. The van der Waals surface area contributed by atoms with Crippen LogP contribution in [0.2, 0.25) is 0 Å². The minimum absolute atomic E-state index is 0.311. The molecule has 2 rings (SSSR count). The van der Waals surface area contributed by atoms with E-state index in [1.165, 1.54) is 0 Å². The van der Waals surface area contributed by atoms with E-state index in [4.69, 9.17) is 5.73 Å². The number of nitrogen functional groups attached to an aromatic ring is 1. The molecule has 0 bridgehead atoms. The van der Waals surface area contributed by atoms with Crippen LogP contribution in [0.3, 0.4) is 0 Å². The predicted octanol–water partition coefficient (Wildman–Crippen LogP) is 3.16. The molecular formula is C13H15IN4. The highest BCUT2D eigenvalue weighted by atomic mass is 127. The maximum atomic E-state index is 5.95. The lowest BCUT2D eigenvalue weighted by Crippen LogP contribution is -2.07. The van der Waals surface area contributed by atoms with Crippen molar-refractivity contribution in [2.75, 3.05) is 5.73 Å². The number of anilines is 1. The molecule has 2 aromatic rings. The molecule has 18 heavy (non-hydrogen) atoms. The van der Waals surface area contributed by atoms with Gasteiger partial charge in [0.2, 0.25) is 0 Å². The Hall–Kier alpha value is -1.24. The lowest BCUT2D eigenvalue weighted by molar-refractivity contribution is 0.809. The first-order valence-corrected chi connectivity index (χ1v) is 6.84. The number of hydrogen-bond acceptors (Lipinski definition) is 4. The molecule has 0 fully saturated rings. The quantitative estimate of drug-likeness (QED) is 0.842. The lowest BCUT2D eigenvalue weighted by atomic mass is 10.1. The van der Waals surface area contributed by atoms with Crippen LogP contribution in [0.25, 0.3) is 11.5 Å². The molecule has 0 saturated heterocycles. The molecule has 0 atom stereocenters. The number of pyridine rings is 1. The zero-order valence-corrected chi connectivity index (χ0v) is 12.8. The molecule has 0 aliphatic rings. The van der Waals surface area contributed by atoms with Gasteiger partial charge in [-0.15, -0.1) is 0 Å². The van der Waals surface area contributed by atoms with E-state index in [0.29, 0.717) is 17.6 Å². The second-order valence-electron chi connectivity index (χ2n) is 4.45. The van der Waals surface area contributed by atoms with Crippen molar-refractivity contribution in [2.45, 2.75) is 26.7 Å². The Balaban J connectivity index is 2.59. The fourth-order valence-electron chi connectivity index (χ4n) is 1.65. The van der Waals surface area contributed by atoms with Crippen molar-refractivity contribution in [1.82, 2.24) is 15.0 Å². The maximum Gasteiger partial charge on any atom is 0.180 e. The van der Waals surface area contributed by atoms with Crippen molar-refractivity contribution in [3.63, 3.8) is 0 Å². The van der Waals surface area contributed by atoms with Crippen molar-refractivity contribution in [2.24, 2.45) is 0 Å². The summed E-state index contributed by atoms with van der Waals surface area (Å²) in [5, 5.41) is 0. The number of nitrogens with zero attached hydrogens (tertiary/aromatic N) is 3. The zero-order chi connectivity index (χ0) is 13.3. The third-order valence-electron chi connectivity index (χ3n) is 2.57. The molecule has 0 spiro atoms. The molecule has 0 radical (unpaired) electrons. The van der Waals surface area contributed by atoms with Crippen LogP contribution < -0.4 is 5.73 Å². The van der Waals surface area contributed by atoms with Gasteiger partial charge in [-0.1, -0.05) is 19.9 Å². The number of aromatic nitrogens is 3. The summed E-state index contributed by atoms with van der Waals surface area (Å²) < 4.78 is 0.930. The number of hydrogen-bond donors (Lipinski definition) is 1. The minimum Gasteiger partial charge on any atom is -0.383 e. The van der Waals surface area contributed by atoms with Crippen molar-refractivity contribution >= 4 is 28.4 Å². The van der Waals surface area contributed by atoms with Crippen LogP contribution in [0.15, 0.2) is 18.2 Å². The van der Waals surface area contributed by atoms with Gasteiger partial charge in [0.15, 0.2) is 5.82 Å². The largest absolute Gasteiger partial charge is 0.383 e. The molecule has 5 heteroatoms. The van der Waals surface area contributed by atoms with E-state index in [1.807, 2.05) is 25.1 Å². The Labute approximate surface area is 120 Å². The van der Waals surface area contributed by atoms with E-state index in [2.05, 4.69) is 51.4 Å². The molecule has 2 heterocycles. The number of aryl methyl sites for hydroxylation is 1. The van der Waals surface area contributed by atoms with Crippen LogP contribution in [-0.4, -0.2) is 15.0 Å². The van der Waals surface area contributed by atoms with E-state index < -0.39 is 0 Å². The highest BCUT2D eigenvalue weighted by Gasteiger charge is 2.14. The second kappa shape index (κ2) is 5.17. The van der Waals surface area contributed by atoms with E-state index in [-0.39, 0.29) is 0 Å². The first-order valence-electron chi connectivity index (χ1n) is 5.76. The summed E-state index contributed by atoms with van der Waals surface area (Å²) in [5.74, 6) is 1.43. The van der Waals surface area contributed by atoms with Crippen molar-refractivity contribution in [3.8, 4) is 11.5 Å². The van der Waals surface area contributed by atoms with Crippen LogP contribution in [0.4, 0.5) is 5.82 Å². The summed E-state index contributed by atoms with van der Waals surface area (Å²) >= 11 is 2.19. The number of halogens is 1. The molecule has 0 amide bonds. The highest BCUT2D eigenvalue weighted by Crippen LogP contribution is 2.26. The van der Waals surface area contributed by atoms with Gasteiger partial charge >= 0.3 is 0 Å². The van der Waals surface area contributed by atoms with E-state index in [9.17, 15) is 0 Å². The molecule has 0 aliphatic carbocycles. The van der Waals surface area contributed by atoms with Gasteiger partial charge in [-0.25, -0.2) is 15.0 Å². The molecule has 94 valence electrons. The highest BCUT2D eigenvalue weighted by molar-refractivity contribution is 14.1. The molecule has 2 N–H and O–H groups in total. The summed E-state index contributed by atoms with van der Waals surface area (Å²) in [6, 6.07) is 5.80. The van der Waals surface area contributed by atoms with Gasteiger partial charge in [-0.3, -0.25) is 0 Å². The Bertz CT molecular complexity index is 581. The first-order chi connectivity index (χ1) is 8.49. The van der Waals surface area contributed by atoms with Crippen LogP contribution in [0.1, 0.15) is 31.2 Å². The Kier molecular flexibility index (Phi) is 3.79. The predicted molar refractivity (Wildman–Crippen MR) is 81.2 cm³/mol. The number of rotatable bonds is 2. The normalized spacial score (nSPS) is 10.9. The first kappa shape index (κ1) is 13.2. The Morgan fingerprint density at radius 1 is 1.17 bits per heavy atom. The molecule has 4 nitrogen and oxygen atoms in total. The smallest absolute Gasteiger partial charge is 0.180 e. The topological polar surface area (TPSA) is 64.7 Å².